The number of hydrogen-bond acceptors (Lipinski definition) is 3. The molecule has 0 saturated heterocycles. The first kappa shape index (κ1) is 12.5. The van der Waals surface area contributed by atoms with Crippen LogP contribution in [0.15, 0.2) is 48.5 Å². The van der Waals surface area contributed by atoms with E-state index in [1.807, 2.05) is 61.0 Å². The zero-order valence-electron chi connectivity index (χ0n) is 11.5. The van der Waals surface area contributed by atoms with Gasteiger partial charge in [-0.3, -0.25) is 0 Å². The van der Waals surface area contributed by atoms with Crippen molar-refractivity contribution in [2.24, 2.45) is 7.05 Å². The van der Waals surface area contributed by atoms with Gasteiger partial charge >= 0.3 is 0 Å². The van der Waals surface area contributed by atoms with Crippen LogP contribution in [0.5, 0.6) is 5.75 Å². The Kier molecular flexibility index (Phi) is 3.06. The number of rotatable bonds is 3. The minimum Gasteiger partial charge on any atom is -0.508 e. The Hall–Kier alpha value is -2.49. The molecule has 1 aromatic heterocycles. The molecule has 4 nitrogen and oxygen atoms in total. The Bertz CT molecular complexity index is 748. The van der Waals surface area contributed by atoms with Crippen molar-refractivity contribution in [1.82, 2.24) is 9.55 Å². The molecule has 102 valence electrons. The summed E-state index contributed by atoms with van der Waals surface area (Å²) in [4.78, 5) is 4.58. The van der Waals surface area contributed by atoms with E-state index in [2.05, 4.69) is 10.3 Å². The average Bonchev–Trinajstić information content (AvgIpc) is 2.76. The van der Waals surface area contributed by atoms with Gasteiger partial charge in [-0.25, -0.2) is 4.98 Å². The molecular weight excluding hydrogens is 250 g/mol. The van der Waals surface area contributed by atoms with Gasteiger partial charge in [0, 0.05) is 12.6 Å². The maximum Gasteiger partial charge on any atom is 0.204 e. The number of hydrogen-bond donors (Lipinski definition) is 2. The first-order chi connectivity index (χ1) is 9.66. The molecule has 0 bridgehead atoms. The number of phenolic OH excluding ortho intramolecular Hbond substituents is 1. The predicted octanol–water partition coefficient (Wildman–Crippen LogP) is 3.45. The highest BCUT2D eigenvalue weighted by Gasteiger charge is 2.13. The highest BCUT2D eigenvalue weighted by molar-refractivity contribution is 5.78. The van der Waals surface area contributed by atoms with E-state index in [1.54, 1.807) is 6.07 Å². The maximum atomic E-state index is 9.90. The Morgan fingerprint density at radius 2 is 1.80 bits per heavy atom. The number of aromatic nitrogens is 2. The van der Waals surface area contributed by atoms with Gasteiger partial charge in [0.2, 0.25) is 5.95 Å². The number of phenols is 1. The van der Waals surface area contributed by atoms with E-state index in [0.717, 1.165) is 22.5 Å². The molecule has 20 heavy (non-hydrogen) atoms. The molecule has 3 rings (SSSR count). The molecule has 1 atom stereocenters. The van der Waals surface area contributed by atoms with Gasteiger partial charge < -0.3 is 15.0 Å². The van der Waals surface area contributed by atoms with Crippen LogP contribution in [0.2, 0.25) is 0 Å². The van der Waals surface area contributed by atoms with Crippen LogP contribution in [0.4, 0.5) is 5.95 Å². The number of nitrogens with zero attached hydrogens (tertiary/aromatic N) is 2. The molecule has 0 spiro atoms. The number of para-hydroxylation sites is 3. The predicted molar refractivity (Wildman–Crippen MR) is 80.9 cm³/mol. The van der Waals surface area contributed by atoms with Crippen LogP contribution < -0.4 is 5.32 Å². The van der Waals surface area contributed by atoms with E-state index in [9.17, 15) is 5.11 Å². The Balaban J connectivity index is 1.93. The molecule has 1 heterocycles. The normalized spacial score (nSPS) is 12.5. The summed E-state index contributed by atoms with van der Waals surface area (Å²) >= 11 is 0. The SMILES string of the molecule is CC(Nc1nc2ccccc2n1C)c1ccccc1O. The topological polar surface area (TPSA) is 50.1 Å². The van der Waals surface area contributed by atoms with Crippen LogP contribution in [0.1, 0.15) is 18.5 Å². The first-order valence-corrected chi connectivity index (χ1v) is 6.62. The van der Waals surface area contributed by atoms with Gasteiger partial charge in [0.1, 0.15) is 5.75 Å². The molecule has 0 aliphatic carbocycles. The van der Waals surface area contributed by atoms with Crippen LogP contribution in [0, 0.1) is 0 Å². The van der Waals surface area contributed by atoms with Gasteiger partial charge in [0.15, 0.2) is 0 Å². The lowest BCUT2D eigenvalue weighted by atomic mass is 10.1. The minimum atomic E-state index is -0.0216. The third kappa shape index (κ3) is 2.09. The van der Waals surface area contributed by atoms with Crippen molar-refractivity contribution in [2.45, 2.75) is 13.0 Å². The summed E-state index contributed by atoms with van der Waals surface area (Å²) in [7, 11) is 1.98. The standard InChI is InChI=1S/C16H17N3O/c1-11(12-7-3-6-10-15(12)20)17-16-18-13-8-4-5-9-14(13)19(16)2/h3-11,20H,1-2H3,(H,17,18). The van der Waals surface area contributed by atoms with Gasteiger partial charge in [-0.15, -0.1) is 0 Å². The van der Waals surface area contributed by atoms with Crippen molar-refractivity contribution < 1.29 is 5.11 Å². The number of fused-ring (bicyclic) bond motifs is 1. The molecule has 0 aliphatic heterocycles. The summed E-state index contributed by atoms with van der Waals surface area (Å²) in [5, 5.41) is 13.2. The van der Waals surface area contributed by atoms with Crippen LogP contribution >= 0.6 is 0 Å². The third-order valence-electron chi connectivity index (χ3n) is 3.54. The van der Waals surface area contributed by atoms with Crippen molar-refractivity contribution in [2.75, 3.05) is 5.32 Å². The molecule has 0 fully saturated rings. The molecule has 3 aromatic rings. The second-order valence-electron chi connectivity index (χ2n) is 4.91. The zero-order chi connectivity index (χ0) is 14.1. The number of anilines is 1. The number of imidazole rings is 1. The highest BCUT2D eigenvalue weighted by atomic mass is 16.3. The van der Waals surface area contributed by atoms with Crippen molar-refractivity contribution in [3.63, 3.8) is 0 Å². The van der Waals surface area contributed by atoms with E-state index in [1.165, 1.54) is 0 Å². The van der Waals surface area contributed by atoms with Crippen molar-refractivity contribution >= 4 is 17.0 Å². The lowest BCUT2D eigenvalue weighted by Gasteiger charge is -2.16. The number of benzene rings is 2. The third-order valence-corrected chi connectivity index (χ3v) is 3.54. The smallest absolute Gasteiger partial charge is 0.204 e. The van der Waals surface area contributed by atoms with E-state index < -0.39 is 0 Å². The zero-order valence-corrected chi connectivity index (χ0v) is 11.5. The first-order valence-electron chi connectivity index (χ1n) is 6.62. The Morgan fingerprint density at radius 1 is 1.10 bits per heavy atom. The van der Waals surface area contributed by atoms with Crippen molar-refractivity contribution in [1.29, 1.82) is 0 Å². The van der Waals surface area contributed by atoms with Gasteiger partial charge in [-0.1, -0.05) is 30.3 Å². The van der Waals surface area contributed by atoms with E-state index in [0.29, 0.717) is 5.75 Å². The van der Waals surface area contributed by atoms with E-state index in [-0.39, 0.29) is 6.04 Å². The molecule has 0 saturated carbocycles. The minimum absolute atomic E-state index is 0.0216. The molecule has 2 aromatic carbocycles. The summed E-state index contributed by atoms with van der Waals surface area (Å²) in [5.41, 5.74) is 2.90. The second-order valence-corrected chi connectivity index (χ2v) is 4.91. The van der Waals surface area contributed by atoms with Crippen molar-refractivity contribution in [3.05, 3.63) is 54.1 Å². The fourth-order valence-corrected chi connectivity index (χ4v) is 2.40. The number of aromatic hydroxyl groups is 1. The molecular formula is C16H17N3O. The summed E-state index contributed by atoms with van der Waals surface area (Å²) in [6, 6.07) is 15.3. The van der Waals surface area contributed by atoms with Gasteiger partial charge in [-0.05, 0) is 25.1 Å². The summed E-state index contributed by atoms with van der Waals surface area (Å²) in [6.45, 7) is 2.01. The largest absolute Gasteiger partial charge is 0.508 e. The molecule has 4 heteroatoms. The fourth-order valence-electron chi connectivity index (χ4n) is 2.40. The Labute approximate surface area is 117 Å². The van der Waals surface area contributed by atoms with Crippen LogP contribution in [-0.4, -0.2) is 14.7 Å². The molecule has 1 unspecified atom stereocenters. The lowest BCUT2D eigenvalue weighted by molar-refractivity contribution is 0.465. The average molecular weight is 267 g/mol. The van der Waals surface area contributed by atoms with E-state index >= 15 is 0 Å². The highest BCUT2D eigenvalue weighted by Crippen LogP contribution is 2.27. The summed E-state index contributed by atoms with van der Waals surface area (Å²) in [5.74, 6) is 1.09. The summed E-state index contributed by atoms with van der Waals surface area (Å²) in [6.07, 6.45) is 0. The molecule has 2 N–H and O–H groups in total. The van der Waals surface area contributed by atoms with Crippen LogP contribution in [-0.2, 0) is 7.05 Å². The quantitative estimate of drug-likeness (QED) is 0.764. The van der Waals surface area contributed by atoms with Crippen LogP contribution in [0.3, 0.4) is 0 Å². The van der Waals surface area contributed by atoms with Crippen LogP contribution in [0.25, 0.3) is 11.0 Å². The second kappa shape index (κ2) is 4.89. The Morgan fingerprint density at radius 3 is 2.55 bits per heavy atom. The number of nitrogens with one attached hydrogen (secondary N) is 1. The molecule has 0 aliphatic rings. The van der Waals surface area contributed by atoms with Gasteiger partial charge in [0.25, 0.3) is 0 Å². The molecule has 0 amide bonds. The van der Waals surface area contributed by atoms with Crippen molar-refractivity contribution in [3.8, 4) is 5.75 Å². The lowest BCUT2D eigenvalue weighted by Crippen LogP contribution is -2.10. The van der Waals surface area contributed by atoms with E-state index in [4.69, 9.17) is 0 Å². The number of aryl methyl sites for hydroxylation is 1. The van der Waals surface area contributed by atoms with Gasteiger partial charge in [0.05, 0.1) is 17.1 Å². The maximum absolute atomic E-state index is 9.90. The van der Waals surface area contributed by atoms with Gasteiger partial charge in [-0.2, -0.15) is 0 Å². The summed E-state index contributed by atoms with van der Waals surface area (Å²) < 4.78 is 2.02. The monoisotopic (exact) mass is 267 g/mol. The fraction of sp³-hybridized carbons (Fsp3) is 0.188. The molecule has 0 radical (unpaired) electrons.